The average Bonchev–Trinajstić information content (AvgIpc) is 2.76. The van der Waals surface area contributed by atoms with Gasteiger partial charge in [0.1, 0.15) is 12.4 Å². The molecule has 5 heteroatoms. The van der Waals surface area contributed by atoms with E-state index in [9.17, 15) is 14.8 Å². The highest BCUT2D eigenvalue weighted by Crippen LogP contribution is 2.32. The molecule has 2 rings (SSSR count). The Balaban J connectivity index is 2.24. The van der Waals surface area contributed by atoms with Crippen LogP contribution in [-0.4, -0.2) is 28.7 Å². The molecule has 24 heavy (non-hydrogen) atoms. The molecule has 1 aliphatic rings. The summed E-state index contributed by atoms with van der Waals surface area (Å²) in [6.45, 7) is 6.46. The highest BCUT2D eigenvalue weighted by molar-refractivity contribution is 6.35. The molecule has 5 nitrogen and oxygen atoms in total. The van der Waals surface area contributed by atoms with Gasteiger partial charge in [0.25, 0.3) is 11.8 Å². The third-order valence-electron chi connectivity index (χ3n) is 3.66. The quantitative estimate of drug-likeness (QED) is 0.471. The lowest BCUT2D eigenvalue weighted by Gasteiger charge is -2.08. The van der Waals surface area contributed by atoms with Crippen molar-refractivity contribution >= 4 is 17.4 Å². The van der Waals surface area contributed by atoms with Crippen molar-refractivity contribution in [3.63, 3.8) is 0 Å². The first-order chi connectivity index (χ1) is 11.5. The molecule has 0 radical (unpaired) electrons. The van der Waals surface area contributed by atoms with E-state index in [1.54, 1.807) is 24.3 Å². The minimum atomic E-state index is -0.671. The number of ether oxygens (including phenoxy) is 1. The number of nitrogens with zero attached hydrogens (tertiary/aromatic N) is 1. The van der Waals surface area contributed by atoms with Gasteiger partial charge in [-0.25, -0.2) is 0 Å². The first kappa shape index (κ1) is 17.9. The van der Waals surface area contributed by atoms with Crippen LogP contribution in [0.3, 0.4) is 0 Å². The second-order valence-corrected chi connectivity index (χ2v) is 6.09. The van der Waals surface area contributed by atoms with Crippen LogP contribution >= 0.6 is 0 Å². The predicted octanol–water partition coefficient (Wildman–Crippen LogP) is 3.59. The van der Waals surface area contributed by atoms with Crippen LogP contribution < -0.4 is 4.74 Å². The molecule has 0 aromatic heterocycles. The van der Waals surface area contributed by atoms with Gasteiger partial charge < -0.3 is 4.74 Å². The van der Waals surface area contributed by atoms with Gasteiger partial charge in [0.05, 0.1) is 5.57 Å². The van der Waals surface area contributed by atoms with Gasteiger partial charge in [-0.15, -0.1) is 5.06 Å². The van der Waals surface area contributed by atoms with Crippen molar-refractivity contribution in [2.75, 3.05) is 6.61 Å². The maximum absolute atomic E-state index is 12.2. The number of allylic oxidation sites excluding steroid dienone is 1. The van der Waals surface area contributed by atoms with E-state index in [-0.39, 0.29) is 16.6 Å². The van der Waals surface area contributed by atoms with E-state index in [0.717, 1.165) is 6.42 Å². The van der Waals surface area contributed by atoms with E-state index in [4.69, 9.17) is 4.74 Å². The van der Waals surface area contributed by atoms with Gasteiger partial charge in [-0.1, -0.05) is 45.1 Å². The summed E-state index contributed by atoms with van der Waals surface area (Å²) in [5, 5.41) is 9.86. The number of amides is 2. The molecule has 128 valence electrons. The van der Waals surface area contributed by atoms with Crippen molar-refractivity contribution in [1.29, 1.82) is 0 Å². The van der Waals surface area contributed by atoms with Crippen LogP contribution in [0.5, 0.6) is 5.75 Å². The summed E-state index contributed by atoms with van der Waals surface area (Å²) in [7, 11) is 0. The summed E-state index contributed by atoms with van der Waals surface area (Å²) >= 11 is 0. The Bertz CT molecular complexity index is 671. The van der Waals surface area contributed by atoms with E-state index >= 15 is 0 Å². The molecule has 0 bridgehead atoms. The lowest BCUT2D eigenvalue weighted by Crippen LogP contribution is -2.27. The second kappa shape index (κ2) is 7.93. The lowest BCUT2D eigenvalue weighted by molar-refractivity contribution is -0.169. The number of rotatable bonds is 7. The number of imide groups is 1. The molecule has 0 aliphatic carbocycles. The zero-order chi connectivity index (χ0) is 17.7. The fraction of sp³-hybridized carbons (Fsp3) is 0.368. The molecule has 0 saturated heterocycles. The Kier molecular flexibility index (Phi) is 5.93. The summed E-state index contributed by atoms with van der Waals surface area (Å²) in [6.07, 6.45) is 5.37. The topological polar surface area (TPSA) is 66.8 Å². The first-order valence-electron chi connectivity index (χ1n) is 8.14. The van der Waals surface area contributed by atoms with Crippen molar-refractivity contribution in [3.05, 3.63) is 47.6 Å². The van der Waals surface area contributed by atoms with Crippen LogP contribution in [0.4, 0.5) is 0 Å². The third-order valence-corrected chi connectivity index (χ3v) is 3.66. The average molecular weight is 329 g/mol. The second-order valence-electron chi connectivity index (χ2n) is 6.09. The molecule has 1 heterocycles. The number of hydrogen-bond acceptors (Lipinski definition) is 4. The molecule has 1 aromatic carbocycles. The summed E-state index contributed by atoms with van der Waals surface area (Å²) < 4.78 is 5.57. The molecule has 0 atom stereocenters. The molecular weight excluding hydrogens is 306 g/mol. The smallest absolute Gasteiger partial charge is 0.285 e. The Morgan fingerprint density at radius 2 is 1.79 bits per heavy atom. The molecule has 1 aliphatic heterocycles. The van der Waals surface area contributed by atoms with Gasteiger partial charge in [-0.3, -0.25) is 14.8 Å². The van der Waals surface area contributed by atoms with Gasteiger partial charge in [-0.2, -0.15) is 0 Å². The van der Waals surface area contributed by atoms with E-state index in [2.05, 4.69) is 6.92 Å². The Morgan fingerprint density at radius 3 is 2.38 bits per heavy atom. The highest BCUT2D eigenvalue weighted by atomic mass is 16.5. The van der Waals surface area contributed by atoms with E-state index in [1.165, 1.54) is 0 Å². The molecule has 0 saturated carbocycles. The van der Waals surface area contributed by atoms with Crippen molar-refractivity contribution in [3.8, 4) is 5.75 Å². The van der Waals surface area contributed by atoms with E-state index < -0.39 is 11.8 Å². The van der Waals surface area contributed by atoms with Crippen LogP contribution in [0.25, 0.3) is 5.57 Å². The summed E-state index contributed by atoms with van der Waals surface area (Å²) in [4.78, 5) is 24.3. The van der Waals surface area contributed by atoms with Crippen molar-refractivity contribution in [2.24, 2.45) is 5.92 Å². The Hall–Kier alpha value is -2.40. The van der Waals surface area contributed by atoms with E-state index in [0.29, 0.717) is 29.9 Å². The number of hydroxylamine groups is 2. The summed E-state index contributed by atoms with van der Waals surface area (Å²) in [5.74, 6) is -0.418. The zero-order valence-electron chi connectivity index (χ0n) is 14.3. The number of carbonyl (C=O) groups excluding carboxylic acids is 2. The predicted molar refractivity (Wildman–Crippen MR) is 91.4 cm³/mol. The van der Waals surface area contributed by atoms with Crippen LogP contribution in [-0.2, 0) is 9.59 Å². The first-order valence-corrected chi connectivity index (χ1v) is 8.14. The highest BCUT2D eigenvalue weighted by Gasteiger charge is 2.38. The minimum Gasteiger partial charge on any atom is -0.490 e. The molecular formula is C19H23NO4. The van der Waals surface area contributed by atoms with Crippen molar-refractivity contribution in [2.45, 2.75) is 33.6 Å². The Labute approximate surface area is 142 Å². The van der Waals surface area contributed by atoms with Crippen LogP contribution in [0.15, 0.2) is 42.0 Å². The van der Waals surface area contributed by atoms with Crippen LogP contribution in [0.1, 0.15) is 39.2 Å². The maximum Gasteiger partial charge on any atom is 0.285 e. The molecule has 0 unspecified atom stereocenters. The third kappa shape index (κ3) is 3.92. The Morgan fingerprint density at radius 1 is 1.12 bits per heavy atom. The lowest BCUT2D eigenvalue weighted by atomic mass is 9.95. The fourth-order valence-electron chi connectivity index (χ4n) is 2.55. The van der Waals surface area contributed by atoms with Gasteiger partial charge in [0.2, 0.25) is 0 Å². The van der Waals surface area contributed by atoms with Gasteiger partial charge in [0.15, 0.2) is 0 Å². The summed E-state index contributed by atoms with van der Waals surface area (Å²) in [6, 6.07) is 6.98. The standard InChI is InChI=1S/C19H23NO4/c1-4-5-6-11-24-15-9-7-14(8-10-15)17-16(12-13(2)3)18(21)20(23)19(17)22/h5-10,13,23H,4,11-12H2,1-3H3. The zero-order valence-corrected chi connectivity index (χ0v) is 14.3. The number of carbonyl (C=O) groups is 2. The molecule has 1 aromatic rings. The number of hydrogen-bond donors (Lipinski definition) is 1. The minimum absolute atomic E-state index is 0.200. The van der Waals surface area contributed by atoms with Gasteiger partial charge in [-0.05, 0) is 36.5 Å². The van der Waals surface area contributed by atoms with Crippen molar-refractivity contribution < 1.29 is 19.5 Å². The van der Waals surface area contributed by atoms with E-state index in [1.807, 2.05) is 26.0 Å². The summed E-state index contributed by atoms with van der Waals surface area (Å²) in [5.41, 5.74) is 1.24. The van der Waals surface area contributed by atoms with Gasteiger partial charge >= 0.3 is 0 Å². The largest absolute Gasteiger partial charge is 0.490 e. The molecule has 0 spiro atoms. The van der Waals surface area contributed by atoms with Gasteiger partial charge in [0, 0.05) is 5.57 Å². The molecule has 0 fully saturated rings. The fourth-order valence-corrected chi connectivity index (χ4v) is 2.55. The molecule has 2 amide bonds. The van der Waals surface area contributed by atoms with Crippen LogP contribution in [0.2, 0.25) is 0 Å². The monoisotopic (exact) mass is 329 g/mol. The SMILES string of the molecule is CCC=CCOc1ccc(C2=C(CC(C)C)C(=O)N(O)C2=O)cc1. The van der Waals surface area contributed by atoms with Crippen molar-refractivity contribution in [1.82, 2.24) is 5.06 Å². The maximum atomic E-state index is 12.2. The van der Waals surface area contributed by atoms with Crippen LogP contribution in [0, 0.1) is 5.92 Å². The molecule has 1 N–H and O–H groups in total. The number of benzene rings is 1. The normalized spacial score (nSPS) is 15.3.